The van der Waals surface area contributed by atoms with Gasteiger partial charge in [0.25, 0.3) is 0 Å². The van der Waals surface area contributed by atoms with Crippen molar-refractivity contribution in [2.75, 3.05) is 4.90 Å². The zero-order valence-corrected chi connectivity index (χ0v) is 31.3. The molecule has 5 unspecified atom stereocenters. The van der Waals surface area contributed by atoms with Crippen LogP contribution in [-0.4, -0.2) is 0 Å². The summed E-state index contributed by atoms with van der Waals surface area (Å²) in [6.45, 7) is 0. The number of anilines is 3. The van der Waals surface area contributed by atoms with E-state index in [0.29, 0.717) is 0 Å². The molecule has 0 N–H and O–H groups in total. The minimum Gasteiger partial charge on any atom is -0.310 e. The molecule has 4 bridgehead atoms. The van der Waals surface area contributed by atoms with Gasteiger partial charge >= 0.3 is 0 Å². The van der Waals surface area contributed by atoms with E-state index in [-0.39, 0.29) is 10.8 Å². The zero-order chi connectivity index (χ0) is 35.4. The summed E-state index contributed by atoms with van der Waals surface area (Å²) < 4.78 is 0. The second kappa shape index (κ2) is 11.8. The lowest BCUT2D eigenvalue weighted by atomic mass is 9.51. The fourth-order valence-corrected chi connectivity index (χ4v) is 13.7. The van der Waals surface area contributed by atoms with E-state index in [1.54, 1.807) is 22.3 Å². The highest BCUT2D eigenvalue weighted by atomic mass is 15.1. The highest BCUT2D eigenvalue weighted by Gasteiger charge is 2.59. The Morgan fingerprint density at radius 3 is 1.91 bits per heavy atom. The molecule has 0 aromatic heterocycles. The van der Waals surface area contributed by atoms with Crippen LogP contribution in [0.15, 0.2) is 140 Å². The van der Waals surface area contributed by atoms with Crippen molar-refractivity contribution in [2.24, 2.45) is 23.7 Å². The Bertz CT molecular complexity index is 2420. The van der Waals surface area contributed by atoms with Crippen LogP contribution in [0.2, 0.25) is 0 Å². The van der Waals surface area contributed by atoms with Gasteiger partial charge in [0.05, 0.1) is 5.69 Å². The van der Waals surface area contributed by atoms with Crippen LogP contribution in [0.25, 0.3) is 33.4 Å². The molecule has 1 nitrogen and oxygen atoms in total. The fourth-order valence-electron chi connectivity index (χ4n) is 13.7. The third kappa shape index (κ3) is 4.27. The van der Waals surface area contributed by atoms with Crippen LogP contribution < -0.4 is 4.90 Å². The Kier molecular flexibility index (Phi) is 6.88. The standard InChI is InChI=1S/C53H49N/c1-3-13-37(14-4-1)42-15-7-10-20-51(42)54(41-23-25-45-43-16-5-8-18-47(43)52(50(45)34-41)27-11-2-12-28-52)40-24-26-49-46(33-40)44-17-6-9-19-48(44)53(49)38-22-21-35-29-36(31-38)32-39(53)30-35/h1,3-10,13-20,23-26,33-36,38-39H,2,11-12,21-22,27-32H2. The van der Waals surface area contributed by atoms with E-state index in [2.05, 4.69) is 144 Å². The molecule has 7 aliphatic carbocycles. The van der Waals surface area contributed by atoms with Gasteiger partial charge in [-0.15, -0.1) is 0 Å². The zero-order valence-electron chi connectivity index (χ0n) is 31.3. The van der Waals surface area contributed by atoms with Crippen molar-refractivity contribution < 1.29 is 0 Å². The van der Waals surface area contributed by atoms with Crippen LogP contribution >= 0.6 is 0 Å². The van der Waals surface area contributed by atoms with Gasteiger partial charge in [-0.05, 0) is 149 Å². The molecule has 5 atom stereocenters. The largest absolute Gasteiger partial charge is 0.310 e. The third-order valence-corrected chi connectivity index (χ3v) is 15.5. The van der Waals surface area contributed by atoms with E-state index in [9.17, 15) is 0 Å². The molecule has 13 rings (SSSR count). The molecule has 0 aliphatic heterocycles. The maximum Gasteiger partial charge on any atom is 0.0540 e. The Hall–Kier alpha value is -4.88. The van der Waals surface area contributed by atoms with E-state index in [1.165, 1.54) is 121 Å². The summed E-state index contributed by atoms with van der Waals surface area (Å²) in [5.74, 6) is 3.38. The van der Waals surface area contributed by atoms with Crippen LogP contribution in [0.4, 0.5) is 17.1 Å². The van der Waals surface area contributed by atoms with Crippen molar-refractivity contribution in [1.82, 2.24) is 0 Å². The van der Waals surface area contributed by atoms with Crippen molar-refractivity contribution in [1.29, 1.82) is 0 Å². The van der Waals surface area contributed by atoms with Gasteiger partial charge < -0.3 is 4.90 Å². The molecule has 5 saturated carbocycles. The predicted molar refractivity (Wildman–Crippen MR) is 224 cm³/mol. The van der Waals surface area contributed by atoms with E-state index >= 15 is 0 Å². The van der Waals surface area contributed by atoms with Crippen molar-refractivity contribution >= 4 is 17.1 Å². The lowest BCUT2D eigenvalue weighted by molar-refractivity contribution is 0.0618. The van der Waals surface area contributed by atoms with Crippen molar-refractivity contribution in [3.63, 3.8) is 0 Å². The summed E-state index contributed by atoms with van der Waals surface area (Å²) in [6, 6.07) is 54.3. The topological polar surface area (TPSA) is 3.24 Å². The van der Waals surface area contributed by atoms with Crippen molar-refractivity contribution in [2.45, 2.75) is 81.5 Å². The average molecular weight is 700 g/mol. The number of nitrogens with zero attached hydrogens (tertiary/aromatic N) is 1. The summed E-state index contributed by atoms with van der Waals surface area (Å²) in [5, 5.41) is 0. The van der Waals surface area contributed by atoms with E-state index in [0.717, 1.165) is 23.7 Å². The van der Waals surface area contributed by atoms with Gasteiger partial charge in [-0.3, -0.25) is 0 Å². The van der Waals surface area contributed by atoms with E-state index in [1.807, 2.05) is 0 Å². The van der Waals surface area contributed by atoms with Crippen molar-refractivity contribution in [3.05, 3.63) is 162 Å². The molecule has 266 valence electrons. The Morgan fingerprint density at radius 1 is 0.426 bits per heavy atom. The minimum absolute atomic E-state index is 0.103. The predicted octanol–water partition coefficient (Wildman–Crippen LogP) is 14.2. The van der Waals surface area contributed by atoms with Gasteiger partial charge in [0.1, 0.15) is 0 Å². The first-order valence-electron chi connectivity index (χ1n) is 21.2. The van der Waals surface area contributed by atoms with E-state index in [4.69, 9.17) is 0 Å². The maximum atomic E-state index is 2.61. The summed E-state index contributed by atoms with van der Waals surface area (Å²) in [4.78, 5) is 2.61. The van der Waals surface area contributed by atoms with Crippen LogP contribution in [0.3, 0.4) is 0 Å². The van der Waals surface area contributed by atoms with Gasteiger partial charge in [-0.2, -0.15) is 0 Å². The first-order valence-corrected chi connectivity index (χ1v) is 21.2. The first-order chi connectivity index (χ1) is 26.7. The van der Waals surface area contributed by atoms with Gasteiger partial charge in [0.2, 0.25) is 0 Å². The number of fused-ring (bicyclic) bond motifs is 9. The molecule has 54 heavy (non-hydrogen) atoms. The molecule has 0 heterocycles. The number of hydrogen-bond donors (Lipinski definition) is 0. The quantitative estimate of drug-likeness (QED) is 0.177. The fraction of sp³-hybridized carbons (Fsp3) is 0.321. The number of hydrogen-bond acceptors (Lipinski definition) is 1. The lowest BCUT2D eigenvalue weighted by Crippen LogP contribution is -2.48. The lowest BCUT2D eigenvalue weighted by Gasteiger charge is -2.53. The van der Waals surface area contributed by atoms with Crippen LogP contribution in [-0.2, 0) is 10.8 Å². The van der Waals surface area contributed by atoms with Gasteiger partial charge in [0, 0.05) is 27.8 Å². The van der Waals surface area contributed by atoms with Gasteiger partial charge in [-0.25, -0.2) is 0 Å². The number of para-hydroxylation sites is 1. The molecule has 6 aromatic rings. The molecule has 0 amide bonds. The number of rotatable bonds is 4. The maximum absolute atomic E-state index is 2.61. The molecule has 5 fully saturated rings. The van der Waals surface area contributed by atoms with Crippen LogP contribution in [0, 0.1) is 23.7 Å². The Morgan fingerprint density at radius 2 is 1.06 bits per heavy atom. The monoisotopic (exact) mass is 699 g/mol. The van der Waals surface area contributed by atoms with Crippen LogP contribution in [0.5, 0.6) is 0 Å². The third-order valence-electron chi connectivity index (χ3n) is 15.5. The molecule has 7 aliphatic rings. The van der Waals surface area contributed by atoms with Gasteiger partial charge in [0.15, 0.2) is 0 Å². The summed E-state index contributed by atoms with van der Waals surface area (Å²) in [5.41, 5.74) is 18.8. The number of benzene rings is 6. The average Bonchev–Trinajstić information content (AvgIpc) is 3.55. The highest BCUT2D eigenvalue weighted by Crippen LogP contribution is 2.68. The summed E-state index contributed by atoms with van der Waals surface area (Å²) in [6.07, 6.45) is 15.0. The van der Waals surface area contributed by atoms with Crippen LogP contribution in [0.1, 0.15) is 92.9 Å². The highest BCUT2D eigenvalue weighted by molar-refractivity contribution is 5.93. The minimum atomic E-state index is 0.103. The molecule has 0 saturated heterocycles. The summed E-state index contributed by atoms with van der Waals surface area (Å²) >= 11 is 0. The second-order valence-corrected chi connectivity index (χ2v) is 17.9. The molecule has 2 spiro atoms. The molecular formula is C53H49N. The van der Waals surface area contributed by atoms with Crippen molar-refractivity contribution in [3.8, 4) is 33.4 Å². The summed E-state index contributed by atoms with van der Waals surface area (Å²) in [7, 11) is 0. The Labute approximate surface area is 321 Å². The first kappa shape index (κ1) is 31.5. The molecule has 0 radical (unpaired) electrons. The van der Waals surface area contributed by atoms with Gasteiger partial charge in [-0.1, -0.05) is 135 Å². The second-order valence-electron chi connectivity index (χ2n) is 17.9. The normalized spacial score (nSPS) is 26.3. The molecule has 6 aromatic carbocycles. The molecular weight excluding hydrogens is 651 g/mol. The SMILES string of the molecule is c1ccc(-c2ccccc2N(c2ccc3c(c2)-c2ccccc2C32C3CCC4CC(C3)CC2C4)c2ccc3c(c2)C2(CCCCC2)c2ccccc2-3)cc1. The van der Waals surface area contributed by atoms with E-state index < -0.39 is 0 Å². The molecule has 1 heteroatoms. The Balaban J connectivity index is 1.08. The smallest absolute Gasteiger partial charge is 0.0540 e.